The van der Waals surface area contributed by atoms with Gasteiger partial charge in [0.1, 0.15) is 0 Å². The number of carbonyl (C=O) groups is 1. The normalized spacial score (nSPS) is 13.8. The molecular weight excluding hydrogens is 174 g/mol. The molecule has 0 bridgehead atoms. The summed E-state index contributed by atoms with van der Waals surface area (Å²) in [6.07, 6.45) is 2.96. The van der Waals surface area contributed by atoms with Gasteiger partial charge in [-0.25, -0.2) is 0 Å². The quantitative estimate of drug-likeness (QED) is 0.163. The van der Waals surface area contributed by atoms with Crippen molar-refractivity contribution in [3.8, 4) is 0 Å². The van der Waals surface area contributed by atoms with Crippen LogP contribution in [0.15, 0.2) is 24.3 Å². The van der Waals surface area contributed by atoms with Crippen molar-refractivity contribution < 1.29 is 4.79 Å². The zero-order valence-electron chi connectivity index (χ0n) is 6.87. The lowest BCUT2D eigenvalue weighted by Crippen LogP contribution is -2.41. The van der Waals surface area contributed by atoms with Crippen LogP contribution in [-0.4, -0.2) is 11.2 Å². The lowest BCUT2D eigenvalue weighted by molar-refractivity contribution is -0.117. The van der Waals surface area contributed by atoms with Gasteiger partial charge in [0.05, 0.1) is 0 Å². The lowest BCUT2D eigenvalue weighted by Gasteiger charge is -2.04. The average Bonchev–Trinajstić information content (AvgIpc) is 2.00. The second-order valence-corrected chi connectivity index (χ2v) is 2.93. The molecule has 0 aromatic rings. The Morgan fingerprint density at radius 2 is 2.33 bits per heavy atom. The molecule has 0 aromatic heterocycles. The first-order valence-corrected chi connectivity index (χ1v) is 3.91. The molecule has 5 heteroatoms. The predicted molar refractivity (Wildman–Crippen MR) is 52.2 cm³/mol. The van der Waals surface area contributed by atoms with Gasteiger partial charge in [-0.05, 0) is 12.5 Å². The van der Waals surface area contributed by atoms with Gasteiger partial charge in [-0.1, -0.05) is 12.7 Å². The highest BCUT2D eigenvalue weighted by molar-refractivity contribution is 7.81. The van der Waals surface area contributed by atoms with E-state index >= 15 is 0 Å². The van der Waals surface area contributed by atoms with E-state index in [0.29, 0.717) is 0 Å². The van der Waals surface area contributed by atoms with Crippen molar-refractivity contribution in [3.63, 3.8) is 0 Å². The Hall–Kier alpha value is -0.780. The molecular formula is C7H13N3OS. The number of allylic oxidation sites excluding steroid dienone is 1. The number of amides is 1. The maximum Gasteiger partial charge on any atom is 0.259 e. The van der Waals surface area contributed by atoms with E-state index in [1.165, 1.54) is 6.08 Å². The molecule has 1 amide bonds. The van der Waals surface area contributed by atoms with Gasteiger partial charge in [-0.3, -0.25) is 16.1 Å². The van der Waals surface area contributed by atoms with Crippen LogP contribution >= 0.6 is 12.6 Å². The van der Waals surface area contributed by atoms with Crippen molar-refractivity contribution in [2.45, 2.75) is 12.2 Å². The van der Waals surface area contributed by atoms with Crippen molar-refractivity contribution in [1.29, 1.82) is 0 Å². The number of thiol groups is 1. The molecule has 1 atom stereocenters. The number of rotatable bonds is 4. The van der Waals surface area contributed by atoms with Gasteiger partial charge < -0.3 is 0 Å². The topological polar surface area (TPSA) is 67.2 Å². The van der Waals surface area contributed by atoms with E-state index in [-0.39, 0.29) is 11.2 Å². The van der Waals surface area contributed by atoms with Crippen LogP contribution in [0.4, 0.5) is 0 Å². The highest BCUT2D eigenvalue weighted by Crippen LogP contribution is 2.08. The monoisotopic (exact) mass is 187 g/mol. The van der Waals surface area contributed by atoms with Crippen LogP contribution < -0.4 is 16.8 Å². The summed E-state index contributed by atoms with van der Waals surface area (Å²) in [6.45, 7) is 5.39. The molecule has 68 valence electrons. The summed E-state index contributed by atoms with van der Waals surface area (Å²) in [5.74, 6) is 4.54. The molecule has 0 heterocycles. The highest BCUT2D eigenvalue weighted by atomic mass is 32.1. The molecule has 12 heavy (non-hydrogen) atoms. The van der Waals surface area contributed by atoms with Crippen LogP contribution in [0, 0.1) is 0 Å². The van der Waals surface area contributed by atoms with Gasteiger partial charge >= 0.3 is 0 Å². The van der Waals surface area contributed by atoms with Crippen LogP contribution in [0.3, 0.4) is 0 Å². The lowest BCUT2D eigenvalue weighted by atomic mass is 10.2. The van der Waals surface area contributed by atoms with Crippen LogP contribution in [0.1, 0.15) is 6.92 Å². The number of hydrazine groups is 2. The van der Waals surface area contributed by atoms with Crippen molar-refractivity contribution in [2.75, 3.05) is 0 Å². The van der Waals surface area contributed by atoms with Gasteiger partial charge in [-0.15, -0.1) is 0 Å². The fraction of sp³-hybridized carbons (Fsp3) is 0.286. The molecule has 0 saturated heterocycles. The summed E-state index contributed by atoms with van der Waals surface area (Å²) in [4.78, 5) is 10.9. The summed E-state index contributed by atoms with van der Waals surface area (Å²) < 4.78 is 0. The third kappa shape index (κ3) is 4.17. The molecule has 0 aliphatic rings. The first kappa shape index (κ1) is 11.2. The Kier molecular flexibility index (Phi) is 5.44. The number of carbonyl (C=O) groups excluding carboxylic acids is 1. The third-order valence-corrected chi connectivity index (χ3v) is 1.51. The minimum atomic E-state index is -0.326. The molecule has 0 rings (SSSR count). The molecule has 4 N–H and O–H groups in total. The molecule has 0 aliphatic carbocycles. The number of nitrogens with two attached hydrogens (primary N) is 1. The molecule has 0 fully saturated rings. The maximum absolute atomic E-state index is 10.9. The number of hydrogen-bond donors (Lipinski definition) is 4. The highest BCUT2D eigenvalue weighted by Gasteiger charge is 2.01. The standard InChI is InChI=1S/C7H13N3OS/c1-3-6(5(2)12)4-7(11)9-10-8/h3-5,10,12H,1,8H2,2H3,(H,9,11)/b6-4+. The Morgan fingerprint density at radius 3 is 2.67 bits per heavy atom. The second-order valence-electron chi connectivity index (χ2n) is 2.16. The number of hydrogen-bond acceptors (Lipinski definition) is 4. The summed E-state index contributed by atoms with van der Waals surface area (Å²) >= 11 is 4.14. The van der Waals surface area contributed by atoms with Crippen LogP contribution in [0.25, 0.3) is 0 Å². The van der Waals surface area contributed by atoms with E-state index in [1.807, 2.05) is 12.5 Å². The fourth-order valence-corrected chi connectivity index (χ4v) is 0.789. The summed E-state index contributed by atoms with van der Waals surface area (Å²) in [6, 6.07) is 0. The SMILES string of the molecule is C=C/C(=C\C(=O)NNN)C(C)S. The third-order valence-electron chi connectivity index (χ3n) is 1.21. The second kappa shape index (κ2) is 5.82. The molecule has 0 aliphatic heterocycles. The van der Waals surface area contributed by atoms with Gasteiger partial charge in [0.15, 0.2) is 0 Å². The van der Waals surface area contributed by atoms with Crippen LogP contribution in [0.5, 0.6) is 0 Å². The van der Waals surface area contributed by atoms with E-state index in [0.717, 1.165) is 5.57 Å². The van der Waals surface area contributed by atoms with Crippen molar-refractivity contribution in [2.24, 2.45) is 5.84 Å². The zero-order chi connectivity index (χ0) is 9.56. The fourth-order valence-electron chi connectivity index (χ4n) is 0.609. The zero-order valence-corrected chi connectivity index (χ0v) is 7.77. The van der Waals surface area contributed by atoms with Crippen molar-refractivity contribution in [3.05, 3.63) is 24.3 Å². The first-order valence-electron chi connectivity index (χ1n) is 3.39. The van der Waals surface area contributed by atoms with Gasteiger partial charge in [0.25, 0.3) is 5.91 Å². The van der Waals surface area contributed by atoms with Gasteiger partial charge in [-0.2, -0.15) is 18.2 Å². The average molecular weight is 187 g/mol. The predicted octanol–water partition coefficient (Wildman–Crippen LogP) is -0.0884. The largest absolute Gasteiger partial charge is 0.275 e. The summed E-state index contributed by atoms with van der Waals surface area (Å²) in [5.41, 5.74) is 4.97. The Balaban J connectivity index is 4.27. The Morgan fingerprint density at radius 1 is 1.75 bits per heavy atom. The molecule has 0 saturated carbocycles. The van der Waals surface area contributed by atoms with E-state index < -0.39 is 0 Å². The Labute approximate surface area is 77.2 Å². The summed E-state index contributed by atoms with van der Waals surface area (Å²) in [5, 5.41) is -0.0222. The minimum Gasteiger partial charge on any atom is -0.275 e. The van der Waals surface area contributed by atoms with Crippen LogP contribution in [-0.2, 0) is 4.79 Å². The van der Waals surface area contributed by atoms with E-state index in [2.05, 4.69) is 24.6 Å². The van der Waals surface area contributed by atoms with Crippen LogP contribution in [0.2, 0.25) is 0 Å². The van der Waals surface area contributed by atoms with Crippen molar-refractivity contribution >= 4 is 18.5 Å². The number of nitrogens with one attached hydrogen (secondary N) is 2. The molecule has 0 aromatic carbocycles. The van der Waals surface area contributed by atoms with Gasteiger partial charge in [0.2, 0.25) is 0 Å². The Bertz CT molecular complexity index is 201. The smallest absolute Gasteiger partial charge is 0.259 e. The molecule has 0 spiro atoms. The van der Waals surface area contributed by atoms with E-state index in [1.54, 1.807) is 6.08 Å². The molecule has 1 unspecified atom stereocenters. The molecule has 0 radical (unpaired) electrons. The maximum atomic E-state index is 10.9. The van der Waals surface area contributed by atoms with Crippen molar-refractivity contribution in [1.82, 2.24) is 11.0 Å². The minimum absolute atomic E-state index is 0.0222. The first-order chi connectivity index (χ1) is 5.61. The van der Waals surface area contributed by atoms with E-state index in [9.17, 15) is 4.79 Å². The molecule has 4 nitrogen and oxygen atoms in total. The van der Waals surface area contributed by atoms with E-state index in [4.69, 9.17) is 5.84 Å². The van der Waals surface area contributed by atoms with Gasteiger partial charge in [0, 0.05) is 11.3 Å². The summed E-state index contributed by atoms with van der Waals surface area (Å²) in [7, 11) is 0.